The Morgan fingerprint density at radius 3 is 2.60 bits per heavy atom. The van der Waals surface area contributed by atoms with Crippen LogP contribution in [0.5, 0.6) is 0 Å². The SMILES string of the molecule is CCCOC(=O)c1cc(Cl)cc(NC=C(C#N)C(=O)OC(C)C)c1Cl. The van der Waals surface area contributed by atoms with E-state index in [1.54, 1.807) is 19.9 Å². The summed E-state index contributed by atoms with van der Waals surface area (Å²) >= 11 is 12.2. The number of rotatable bonds is 7. The fourth-order valence-corrected chi connectivity index (χ4v) is 2.14. The highest BCUT2D eigenvalue weighted by Crippen LogP contribution is 2.31. The van der Waals surface area contributed by atoms with Gasteiger partial charge in [-0.25, -0.2) is 9.59 Å². The van der Waals surface area contributed by atoms with Gasteiger partial charge in [-0.1, -0.05) is 30.1 Å². The lowest BCUT2D eigenvalue weighted by atomic mass is 10.2. The molecule has 0 spiro atoms. The average Bonchev–Trinajstić information content (AvgIpc) is 2.55. The molecule has 8 heteroatoms. The molecule has 1 N–H and O–H groups in total. The van der Waals surface area contributed by atoms with E-state index >= 15 is 0 Å². The monoisotopic (exact) mass is 384 g/mol. The lowest BCUT2D eigenvalue weighted by molar-refractivity contribution is -0.142. The molecule has 0 saturated heterocycles. The van der Waals surface area contributed by atoms with Crippen LogP contribution in [0, 0.1) is 11.3 Å². The highest BCUT2D eigenvalue weighted by molar-refractivity contribution is 6.38. The number of carbonyl (C=O) groups is 2. The maximum Gasteiger partial charge on any atom is 0.350 e. The highest BCUT2D eigenvalue weighted by Gasteiger charge is 2.17. The van der Waals surface area contributed by atoms with Crippen LogP contribution in [0.15, 0.2) is 23.9 Å². The van der Waals surface area contributed by atoms with E-state index in [0.717, 1.165) is 6.20 Å². The molecule has 0 amide bonds. The number of ether oxygens (including phenoxy) is 2. The Morgan fingerprint density at radius 1 is 1.36 bits per heavy atom. The molecule has 0 radical (unpaired) electrons. The first kappa shape index (κ1) is 20.8. The standard InChI is InChI=1S/C17H18Cl2N2O4/c1-4-5-24-17(23)13-6-12(18)7-14(15(13)19)21-9-11(8-20)16(22)25-10(2)3/h6-7,9-10,21H,4-5H2,1-3H3. The summed E-state index contributed by atoms with van der Waals surface area (Å²) in [5.74, 6) is -1.38. The molecule has 0 atom stereocenters. The molecule has 6 nitrogen and oxygen atoms in total. The van der Waals surface area contributed by atoms with Gasteiger partial charge in [0.25, 0.3) is 0 Å². The second kappa shape index (κ2) is 9.92. The van der Waals surface area contributed by atoms with Gasteiger partial charge in [-0.05, 0) is 32.4 Å². The van der Waals surface area contributed by atoms with Crippen LogP contribution in [-0.4, -0.2) is 24.6 Å². The van der Waals surface area contributed by atoms with E-state index in [1.165, 1.54) is 12.1 Å². The third-order valence-corrected chi connectivity index (χ3v) is 3.38. The smallest absolute Gasteiger partial charge is 0.350 e. The van der Waals surface area contributed by atoms with Crippen molar-refractivity contribution in [3.05, 3.63) is 39.5 Å². The Kier molecular flexibility index (Phi) is 8.26. The first-order valence-corrected chi connectivity index (χ1v) is 8.29. The van der Waals surface area contributed by atoms with E-state index in [2.05, 4.69) is 5.32 Å². The van der Waals surface area contributed by atoms with E-state index in [0.29, 0.717) is 6.42 Å². The molecule has 1 aromatic carbocycles. The maximum absolute atomic E-state index is 12.0. The summed E-state index contributed by atoms with van der Waals surface area (Å²) < 4.78 is 9.99. The third kappa shape index (κ3) is 6.29. The van der Waals surface area contributed by atoms with Gasteiger partial charge in [-0.3, -0.25) is 0 Å². The van der Waals surface area contributed by atoms with Gasteiger partial charge in [0.05, 0.1) is 29.0 Å². The minimum atomic E-state index is -0.772. The van der Waals surface area contributed by atoms with Gasteiger partial charge in [-0.15, -0.1) is 0 Å². The Bertz CT molecular complexity index is 724. The number of anilines is 1. The van der Waals surface area contributed by atoms with E-state index in [4.69, 9.17) is 37.9 Å². The van der Waals surface area contributed by atoms with Crippen molar-refractivity contribution in [1.82, 2.24) is 0 Å². The van der Waals surface area contributed by atoms with Gasteiger partial charge in [0, 0.05) is 11.2 Å². The number of benzene rings is 1. The molecular weight excluding hydrogens is 367 g/mol. The molecule has 0 aliphatic heterocycles. The fraction of sp³-hybridized carbons (Fsp3) is 0.353. The second-order valence-electron chi connectivity index (χ2n) is 5.22. The predicted octanol–water partition coefficient (Wildman–Crippen LogP) is 4.33. The molecule has 0 unspecified atom stereocenters. The summed E-state index contributed by atoms with van der Waals surface area (Å²) in [6, 6.07) is 4.58. The van der Waals surface area contributed by atoms with Crippen molar-refractivity contribution in [2.45, 2.75) is 33.3 Å². The van der Waals surface area contributed by atoms with Crippen LogP contribution in [0.25, 0.3) is 0 Å². The summed E-state index contributed by atoms with van der Waals surface area (Å²) in [4.78, 5) is 23.8. The zero-order valence-electron chi connectivity index (χ0n) is 14.1. The van der Waals surface area contributed by atoms with Crippen LogP contribution in [0.3, 0.4) is 0 Å². The van der Waals surface area contributed by atoms with Crippen molar-refractivity contribution >= 4 is 40.8 Å². The van der Waals surface area contributed by atoms with Gasteiger partial charge in [-0.2, -0.15) is 5.26 Å². The Hall–Kier alpha value is -2.23. The molecule has 0 aromatic heterocycles. The van der Waals surface area contributed by atoms with E-state index < -0.39 is 11.9 Å². The quantitative estimate of drug-likeness (QED) is 0.427. The molecule has 0 fully saturated rings. The molecule has 0 bridgehead atoms. The largest absolute Gasteiger partial charge is 0.462 e. The van der Waals surface area contributed by atoms with E-state index in [9.17, 15) is 9.59 Å². The van der Waals surface area contributed by atoms with Crippen molar-refractivity contribution in [2.24, 2.45) is 0 Å². The summed E-state index contributed by atoms with van der Waals surface area (Å²) in [7, 11) is 0. The number of esters is 2. The van der Waals surface area contributed by atoms with Crippen LogP contribution in [-0.2, 0) is 14.3 Å². The van der Waals surface area contributed by atoms with Crippen molar-refractivity contribution in [2.75, 3.05) is 11.9 Å². The molecule has 134 valence electrons. The maximum atomic E-state index is 12.0. The molecule has 0 aliphatic rings. The number of carbonyl (C=O) groups excluding carboxylic acids is 2. The lowest BCUT2D eigenvalue weighted by Crippen LogP contribution is -2.14. The first-order valence-electron chi connectivity index (χ1n) is 7.54. The van der Waals surface area contributed by atoms with Crippen LogP contribution in [0.4, 0.5) is 5.69 Å². The molecule has 0 heterocycles. The minimum Gasteiger partial charge on any atom is -0.462 e. The summed E-state index contributed by atoms with van der Waals surface area (Å²) in [5, 5.41) is 12.1. The van der Waals surface area contributed by atoms with Gasteiger partial charge < -0.3 is 14.8 Å². The van der Waals surface area contributed by atoms with Gasteiger partial charge in [0.1, 0.15) is 6.07 Å². The Labute approximate surface area is 156 Å². The molecule has 1 aromatic rings. The minimum absolute atomic E-state index is 0.0660. The van der Waals surface area contributed by atoms with Gasteiger partial charge >= 0.3 is 11.9 Å². The van der Waals surface area contributed by atoms with Crippen LogP contribution in [0.1, 0.15) is 37.6 Å². The number of halogens is 2. The number of hydrogen-bond donors (Lipinski definition) is 1. The summed E-state index contributed by atoms with van der Waals surface area (Å²) in [6.07, 6.45) is 1.45. The van der Waals surface area contributed by atoms with Crippen molar-refractivity contribution in [3.63, 3.8) is 0 Å². The third-order valence-electron chi connectivity index (χ3n) is 2.75. The van der Waals surface area contributed by atoms with Gasteiger partial charge in [0.15, 0.2) is 5.57 Å². The lowest BCUT2D eigenvalue weighted by Gasteiger charge is -2.11. The Morgan fingerprint density at radius 2 is 2.04 bits per heavy atom. The van der Waals surface area contributed by atoms with E-state index in [1.807, 2.05) is 6.92 Å². The normalized spacial score (nSPS) is 11.0. The zero-order valence-corrected chi connectivity index (χ0v) is 15.6. The number of nitriles is 1. The highest BCUT2D eigenvalue weighted by atomic mass is 35.5. The number of nitrogens with zero attached hydrogens (tertiary/aromatic N) is 1. The van der Waals surface area contributed by atoms with Crippen molar-refractivity contribution in [1.29, 1.82) is 5.26 Å². The van der Waals surface area contributed by atoms with Crippen LogP contribution in [0.2, 0.25) is 10.0 Å². The van der Waals surface area contributed by atoms with Gasteiger partial charge in [0.2, 0.25) is 0 Å². The predicted molar refractivity (Wildman–Crippen MR) is 95.6 cm³/mol. The molecular formula is C17H18Cl2N2O4. The Balaban J connectivity index is 3.08. The summed E-state index contributed by atoms with van der Waals surface area (Å²) in [5.41, 5.74) is 0.0874. The second-order valence-corrected chi connectivity index (χ2v) is 6.03. The molecule has 25 heavy (non-hydrogen) atoms. The fourth-order valence-electron chi connectivity index (χ4n) is 1.68. The first-order chi connectivity index (χ1) is 11.8. The molecule has 0 aliphatic carbocycles. The molecule has 0 saturated carbocycles. The number of nitrogens with one attached hydrogen (secondary N) is 1. The van der Waals surface area contributed by atoms with Crippen molar-refractivity contribution < 1.29 is 19.1 Å². The van der Waals surface area contributed by atoms with E-state index in [-0.39, 0.29) is 39.6 Å². The zero-order chi connectivity index (χ0) is 19.0. The van der Waals surface area contributed by atoms with Crippen LogP contribution >= 0.6 is 23.2 Å². The number of hydrogen-bond acceptors (Lipinski definition) is 6. The average molecular weight is 385 g/mol. The molecule has 1 rings (SSSR count). The topological polar surface area (TPSA) is 88.4 Å². The van der Waals surface area contributed by atoms with Crippen LogP contribution < -0.4 is 5.32 Å². The summed E-state index contributed by atoms with van der Waals surface area (Å²) in [6.45, 7) is 5.46. The van der Waals surface area contributed by atoms with Crippen molar-refractivity contribution in [3.8, 4) is 6.07 Å².